The SMILES string of the molecule is C[C@@H]1CCCCN1CCNC(=O)[C@H](C)C1CCN(C(=O)c2cc3ccccc3[nH]2)CC1. The van der Waals surface area contributed by atoms with Crippen molar-refractivity contribution in [1.29, 1.82) is 0 Å². The zero-order valence-electron chi connectivity index (χ0n) is 18.9. The van der Waals surface area contributed by atoms with Crippen LogP contribution in [-0.2, 0) is 4.79 Å². The zero-order chi connectivity index (χ0) is 21.8. The number of rotatable bonds is 6. The molecule has 2 amide bonds. The molecule has 4 rings (SSSR count). The molecule has 2 fully saturated rings. The Balaban J connectivity index is 1.23. The van der Waals surface area contributed by atoms with Crippen LogP contribution in [0.5, 0.6) is 0 Å². The Hall–Kier alpha value is -2.34. The van der Waals surface area contributed by atoms with Crippen molar-refractivity contribution in [2.45, 2.75) is 52.0 Å². The fraction of sp³-hybridized carbons (Fsp3) is 0.600. The molecule has 2 N–H and O–H groups in total. The molecule has 2 aromatic rings. The molecule has 1 aromatic heterocycles. The van der Waals surface area contributed by atoms with Crippen LogP contribution in [0.4, 0.5) is 0 Å². The summed E-state index contributed by atoms with van der Waals surface area (Å²) in [5, 5.41) is 4.22. The van der Waals surface area contributed by atoms with Crippen LogP contribution in [-0.4, -0.2) is 65.4 Å². The maximum Gasteiger partial charge on any atom is 0.270 e. The van der Waals surface area contributed by atoms with Crippen LogP contribution >= 0.6 is 0 Å². The molecule has 0 saturated carbocycles. The van der Waals surface area contributed by atoms with E-state index >= 15 is 0 Å². The summed E-state index contributed by atoms with van der Waals surface area (Å²) in [6.45, 7) is 8.56. The number of hydrogen-bond donors (Lipinski definition) is 2. The second kappa shape index (κ2) is 9.86. The maximum atomic E-state index is 12.9. The Morgan fingerprint density at radius 3 is 2.65 bits per heavy atom. The minimum Gasteiger partial charge on any atom is -0.355 e. The van der Waals surface area contributed by atoms with E-state index in [1.54, 1.807) is 0 Å². The monoisotopic (exact) mass is 424 g/mol. The molecule has 2 aliphatic heterocycles. The van der Waals surface area contributed by atoms with Crippen LogP contribution in [0.25, 0.3) is 10.9 Å². The van der Waals surface area contributed by atoms with Crippen molar-refractivity contribution in [3.05, 3.63) is 36.0 Å². The number of hydrogen-bond acceptors (Lipinski definition) is 3. The predicted octanol–water partition coefficient (Wildman–Crippen LogP) is 3.65. The highest BCUT2D eigenvalue weighted by Gasteiger charge is 2.30. The Kier molecular flexibility index (Phi) is 6.96. The maximum absolute atomic E-state index is 12.9. The standard InChI is InChI=1S/C25H36N4O2/c1-18-7-5-6-13-28(18)16-12-26-24(30)19(2)20-10-14-29(15-11-20)25(31)23-17-21-8-3-4-9-22(21)27-23/h3-4,8-9,17-20,27H,5-7,10-16H2,1-2H3,(H,26,30)/t18-,19-/m1/s1. The van der Waals surface area contributed by atoms with Crippen LogP contribution in [0.3, 0.4) is 0 Å². The number of carbonyl (C=O) groups is 2. The summed E-state index contributed by atoms with van der Waals surface area (Å²) < 4.78 is 0. The number of carbonyl (C=O) groups excluding carboxylic acids is 2. The number of amides is 2. The van der Waals surface area contributed by atoms with Gasteiger partial charge in [0.15, 0.2) is 0 Å². The second-order valence-electron chi connectivity index (χ2n) is 9.36. The molecule has 2 aliphatic rings. The fourth-order valence-corrected chi connectivity index (χ4v) is 5.15. The van der Waals surface area contributed by atoms with Crippen molar-refractivity contribution in [2.75, 3.05) is 32.7 Å². The molecule has 0 unspecified atom stereocenters. The number of piperidine rings is 2. The van der Waals surface area contributed by atoms with Gasteiger partial charge in [0.05, 0.1) is 0 Å². The lowest BCUT2D eigenvalue weighted by Gasteiger charge is -2.35. The fourth-order valence-electron chi connectivity index (χ4n) is 5.15. The normalized spacial score (nSPS) is 21.9. The summed E-state index contributed by atoms with van der Waals surface area (Å²) in [6, 6.07) is 10.5. The number of benzene rings is 1. The number of H-pyrrole nitrogens is 1. The van der Waals surface area contributed by atoms with E-state index in [1.807, 2.05) is 42.2 Å². The van der Waals surface area contributed by atoms with E-state index < -0.39 is 0 Å². The number of likely N-dealkylation sites (tertiary alicyclic amines) is 2. The van der Waals surface area contributed by atoms with Gasteiger partial charge >= 0.3 is 0 Å². The number of nitrogens with one attached hydrogen (secondary N) is 2. The van der Waals surface area contributed by atoms with Crippen molar-refractivity contribution in [2.24, 2.45) is 11.8 Å². The molecule has 0 radical (unpaired) electrons. The van der Waals surface area contributed by atoms with Crippen LogP contribution in [0.2, 0.25) is 0 Å². The van der Waals surface area contributed by atoms with Gasteiger partial charge < -0.3 is 15.2 Å². The largest absolute Gasteiger partial charge is 0.355 e. The topological polar surface area (TPSA) is 68.4 Å². The number of para-hydroxylation sites is 1. The molecular weight excluding hydrogens is 388 g/mol. The lowest BCUT2D eigenvalue weighted by Crippen LogP contribution is -2.45. The quantitative estimate of drug-likeness (QED) is 0.744. The molecular formula is C25H36N4O2. The van der Waals surface area contributed by atoms with Gasteiger partial charge in [-0.1, -0.05) is 31.5 Å². The van der Waals surface area contributed by atoms with Crippen LogP contribution in [0.1, 0.15) is 56.4 Å². The number of aromatic nitrogens is 1. The van der Waals surface area contributed by atoms with E-state index in [2.05, 4.69) is 22.1 Å². The minimum atomic E-state index is -0.0101. The summed E-state index contributed by atoms with van der Waals surface area (Å²) >= 11 is 0. The van der Waals surface area contributed by atoms with Crippen LogP contribution in [0, 0.1) is 11.8 Å². The summed E-state index contributed by atoms with van der Waals surface area (Å²) in [6.07, 6.45) is 5.61. The average Bonchev–Trinajstić information content (AvgIpc) is 3.24. The Morgan fingerprint density at radius 1 is 1.13 bits per heavy atom. The zero-order valence-corrected chi connectivity index (χ0v) is 18.9. The number of fused-ring (bicyclic) bond motifs is 1. The summed E-state index contributed by atoms with van der Waals surface area (Å²) in [4.78, 5) is 33.2. The van der Waals surface area contributed by atoms with Gasteiger partial charge in [0.25, 0.3) is 5.91 Å². The molecule has 2 saturated heterocycles. The molecule has 1 aromatic carbocycles. The molecule has 2 atom stereocenters. The Bertz CT molecular complexity index is 867. The van der Waals surface area contributed by atoms with Crippen molar-refractivity contribution >= 4 is 22.7 Å². The van der Waals surface area contributed by atoms with E-state index in [-0.39, 0.29) is 17.7 Å². The third kappa shape index (κ3) is 5.12. The summed E-state index contributed by atoms with van der Waals surface area (Å²) in [5.74, 6) is 0.539. The summed E-state index contributed by atoms with van der Waals surface area (Å²) in [5.41, 5.74) is 1.64. The Labute approximate surface area is 185 Å². The average molecular weight is 425 g/mol. The Morgan fingerprint density at radius 2 is 1.90 bits per heavy atom. The van der Waals surface area contributed by atoms with Gasteiger partial charge in [-0.3, -0.25) is 14.5 Å². The van der Waals surface area contributed by atoms with Crippen molar-refractivity contribution < 1.29 is 9.59 Å². The number of nitrogens with zero attached hydrogens (tertiary/aromatic N) is 2. The highest BCUT2D eigenvalue weighted by atomic mass is 16.2. The van der Waals surface area contributed by atoms with Gasteiger partial charge in [0.1, 0.15) is 5.69 Å². The third-order valence-corrected chi connectivity index (χ3v) is 7.35. The van der Waals surface area contributed by atoms with E-state index in [4.69, 9.17) is 0 Å². The molecule has 0 aliphatic carbocycles. The van der Waals surface area contributed by atoms with Gasteiger partial charge in [-0.15, -0.1) is 0 Å². The molecule has 0 spiro atoms. The van der Waals surface area contributed by atoms with Crippen molar-refractivity contribution in [3.63, 3.8) is 0 Å². The van der Waals surface area contributed by atoms with Gasteiger partial charge in [-0.2, -0.15) is 0 Å². The summed E-state index contributed by atoms with van der Waals surface area (Å²) in [7, 11) is 0. The predicted molar refractivity (Wildman–Crippen MR) is 124 cm³/mol. The molecule has 31 heavy (non-hydrogen) atoms. The second-order valence-corrected chi connectivity index (χ2v) is 9.36. The highest BCUT2D eigenvalue weighted by Crippen LogP contribution is 2.26. The van der Waals surface area contributed by atoms with E-state index in [1.165, 1.54) is 19.3 Å². The van der Waals surface area contributed by atoms with Crippen molar-refractivity contribution in [3.8, 4) is 0 Å². The molecule has 0 bridgehead atoms. The minimum absolute atomic E-state index is 0.0101. The smallest absolute Gasteiger partial charge is 0.270 e. The van der Waals surface area contributed by atoms with Gasteiger partial charge in [-0.05, 0) is 57.2 Å². The van der Waals surface area contributed by atoms with Gasteiger partial charge in [0.2, 0.25) is 5.91 Å². The number of aromatic amines is 1. The van der Waals surface area contributed by atoms with Gasteiger partial charge in [-0.25, -0.2) is 0 Å². The van der Waals surface area contributed by atoms with Crippen molar-refractivity contribution in [1.82, 2.24) is 20.1 Å². The lowest BCUT2D eigenvalue weighted by atomic mass is 9.84. The van der Waals surface area contributed by atoms with E-state index in [9.17, 15) is 9.59 Å². The first-order valence-electron chi connectivity index (χ1n) is 11.9. The lowest BCUT2D eigenvalue weighted by molar-refractivity contribution is -0.126. The molecule has 6 heteroatoms. The highest BCUT2D eigenvalue weighted by molar-refractivity contribution is 5.98. The molecule has 6 nitrogen and oxygen atoms in total. The first kappa shape index (κ1) is 21.9. The van der Waals surface area contributed by atoms with Crippen LogP contribution in [0.15, 0.2) is 30.3 Å². The van der Waals surface area contributed by atoms with Crippen LogP contribution < -0.4 is 5.32 Å². The van der Waals surface area contributed by atoms with E-state index in [0.29, 0.717) is 30.7 Å². The third-order valence-electron chi connectivity index (χ3n) is 7.35. The molecule has 3 heterocycles. The van der Waals surface area contributed by atoms with E-state index in [0.717, 1.165) is 43.4 Å². The first-order valence-corrected chi connectivity index (χ1v) is 11.9. The first-order chi connectivity index (χ1) is 15.0. The van der Waals surface area contributed by atoms with Gasteiger partial charge in [0, 0.05) is 49.0 Å². The molecule has 168 valence electrons.